The van der Waals surface area contributed by atoms with Crippen molar-refractivity contribution in [3.05, 3.63) is 107 Å². The summed E-state index contributed by atoms with van der Waals surface area (Å²) in [5.74, 6) is 0.343. The number of hydrogen-bond acceptors (Lipinski definition) is 4. The lowest BCUT2D eigenvalue weighted by atomic mass is 9.94. The van der Waals surface area contributed by atoms with E-state index in [4.69, 9.17) is 0 Å². The van der Waals surface area contributed by atoms with E-state index >= 15 is 0 Å². The van der Waals surface area contributed by atoms with Crippen LogP contribution in [0.4, 0.5) is 24.7 Å². The number of alkyl halides is 3. The highest BCUT2D eigenvalue weighted by molar-refractivity contribution is 6.09. The van der Waals surface area contributed by atoms with Crippen LogP contribution in [0.1, 0.15) is 46.6 Å². The maximum absolute atomic E-state index is 13.2. The highest BCUT2D eigenvalue weighted by Crippen LogP contribution is 2.33. The molecule has 198 valence electrons. The van der Waals surface area contributed by atoms with Gasteiger partial charge in [-0.05, 0) is 72.5 Å². The Hall–Kier alpha value is -4.20. The Balaban J connectivity index is 0.00000195. The third-order valence-corrected chi connectivity index (χ3v) is 5.75. The minimum absolute atomic E-state index is 0.366. The molecular weight excluding hydrogens is 489 g/mol. The fourth-order valence-corrected chi connectivity index (χ4v) is 3.95. The molecule has 0 aliphatic carbocycles. The number of rotatable bonds is 7. The second-order valence-electron chi connectivity index (χ2n) is 8.41. The first-order valence-corrected chi connectivity index (χ1v) is 12.4. The molecule has 0 fully saturated rings. The Morgan fingerprint density at radius 1 is 0.895 bits per heavy atom. The Morgan fingerprint density at radius 3 is 2.26 bits per heavy atom. The quantitative estimate of drug-likeness (QED) is 0.262. The zero-order chi connectivity index (χ0) is 27.7. The molecule has 2 heterocycles. The van der Waals surface area contributed by atoms with Crippen molar-refractivity contribution in [2.24, 2.45) is 0 Å². The van der Waals surface area contributed by atoms with Gasteiger partial charge in [-0.15, -0.1) is 0 Å². The summed E-state index contributed by atoms with van der Waals surface area (Å²) in [6, 6.07) is 17.6. The second-order valence-corrected chi connectivity index (χ2v) is 8.41. The number of amides is 1. The molecule has 0 bridgehead atoms. The third-order valence-electron chi connectivity index (χ3n) is 5.75. The molecule has 2 aromatic carbocycles. The van der Waals surface area contributed by atoms with E-state index in [1.165, 1.54) is 12.1 Å². The average Bonchev–Trinajstić information content (AvgIpc) is 2.91. The van der Waals surface area contributed by atoms with Gasteiger partial charge < -0.3 is 10.6 Å². The summed E-state index contributed by atoms with van der Waals surface area (Å²) in [6.45, 7) is 8.38. The summed E-state index contributed by atoms with van der Waals surface area (Å²) < 4.78 is 38.9. The van der Waals surface area contributed by atoms with Crippen LogP contribution >= 0.6 is 0 Å². The second kappa shape index (κ2) is 12.9. The van der Waals surface area contributed by atoms with Crippen molar-refractivity contribution < 1.29 is 18.0 Å². The molecular formula is C30H31F3N4O. The van der Waals surface area contributed by atoms with E-state index in [0.29, 0.717) is 34.7 Å². The molecule has 0 radical (unpaired) electrons. The molecule has 2 N–H and O–H groups in total. The largest absolute Gasteiger partial charge is 0.416 e. The lowest BCUT2D eigenvalue weighted by Crippen LogP contribution is -2.15. The lowest BCUT2D eigenvalue weighted by molar-refractivity contribution is -0.137. The summed E-state index contributed by atoms with van der Waals surface area (Å²) in [6.07, 6.45) is -0.343. The molecule has 38 heavy (non-hydrogen) atoms. The van der Waals surface area contributed by atoms with E-state index in [2.05, 4.69) is 20.6 Å². The average molecular weight is 521 g/mol. The molecule has 1 amide bonds. The van der Waals surface area contributed by atoms with Gasteiger partial charge in [0.2, 0.25) is 0 Å². The number of benzene rings is 2. The molecule has 4 rings (SSSR count). The van der Waals surface area contributed by atoms with Crippen LogP contribution in [0.15, 0.2) is 79.1 Å². The number of carbonyl (C=O) groups excluding carboxylic acids is 1. The van der Waals surface area contributed by atoms with Crippen LogP contribution in [0.25, 0.3) is 11.1 Å². The van der Waals surface area contributed by atoms with Crippen LogP contribution in [0, 0.1) is 13.8 Å². The maximum atomic E-state index is 13.2. The van der Waals surface area contributed by atoms with E-state index in [9.17, 15) is 18.0 Å². The Bertz CT molecular complexity index is 1350. The first-order chi connectivity index (χ1) is 18.2. The van der Waals surface area contributed by atoms with Crippen molar-refractivity contribution in [2.45, 2.75) is 40.3 Å². The number of aryl methyl sites for hydroxylation is 2. The highest BCUT2D eigenvalue weighted by atomic mass is 19.4. The number of anilines is 2. The summed E-state index contributed by atoms with van der Waals surface area (Å²) in [7, 11) is 0. The van der Waals surface area contributed by atoms with Crippen LogP contribution in [0.2, 0.25) is 0 Å². The van der Waals surface area contributed by atoms with E-state index in [0.717, 1.165) is 35.4 Å². The molecule has 0 saturated carbocycles. The van der Waals surface area contributed by atoms with Crippen molar-refractivity contribution in [2.75, 3.05) is 17.2 Å². The first-order valence-electron chi connectivity index (χ1n) is 12.4. The van der Waals surface area contributed by atoms with Gasteiger partial charge in [0.05, 0.1) is 17.4 Å². The summed E-state index contributed by atoms with van der Waals surface area (Å²) in [5.41, 5.74) is 3.90. The lowest BCUT2D eigenvalue weighted by Gasteiger charge is -2.15. The summed E-state index contributed by atoms with van der Waals surface area (Å²) in [5, 5.41) is 6.14. The summed E-state index contributed by atoms with van der Waals surface area (Å²) in [4.78, 5) is 21.9. The standard InChI is InChI=1S/C28H25F3N4O.C2H6/c1-18-6-5-8-24(25(18)20-9-11-21(12-10-20)28(29,30)31)27(36)35-23-16-19(2)26(34-17-23)33-15-13-22-7-3-4-14-32-22;1-2/h3-12,14,16-17H,13,15H2,1-2H3,(H,33,34)(H,35,36);1-2H3. The molecule has 4 aromatic rings. The zero-order valence-corrected chi connectivity index (χ0v) is 21.9. The highest BCUT2D eigenvalue weighted by Gasteiger charge is 2.30. The van der Waals surface area contributed by atoms with Gasteiger partial charge in [-0.1, -0.05) is 44.2 Å². The van der Waals surface area contributed by atoms with Gasteiger partial charge in [-0.3, -0.25) is 9.78 Å². The number of nitrogens with zero attached hydrogens (tertiary/aromatic N) is 2. The minimum atomic E-state index is -4.42. The Labute approximate surface area is 221 Å². The van der Waals surface area contributed by atoms with Crippen molar-refractivity contribution >= 4 is 17.4 Å². The smallest absolute Gasteiger partial charge is 0.369 e. The van der Waals surface area contributed by atoms with Crippen molar-refractivity contribution in [1.29, 1.82) is 0 Å². The van der Waals surface area contributed by atoms with Crippen molar-refractivity contribution in [3.8, 4) is 11.1 Å². The fraction of sp³-hybridized carbons (Fsp3) is 0.233. The van der Waals surface area contributed by atoms with Gasteiger partial charge in [-0.2, -0.15) is 13.2 Å². The predicted octanol–water partition coefficient (Wildman–Crippen LogP) is 7.71. The maximum Gasteiger partial charge on any atom is 0.416 e. The monoisotopic (exact) mass is 520 g/mol. The van der Waals surface area contributed by atoms with Gasteiger partial charge in [0, 0.05) is 30.4 Å². The molecule has 8 heteroatoms. The van der Waals surface area contributed by atoms with Gasteiger partial charge in [0.1, 0.15) is 5.82 Å². The summed E-state index contributed by atoms with van der Waals surface area (Å²) >= 11 is 0. The topological polar surface area (TPSA) is 66.9 Å². The van der Waals surface area contributed by atoms with Crippen molar-refractivity contribution in [1.82, 2.24) is 9.97 Å². The van der Waals surface area contributed by atoms with Crippen LogP contribution in [-0.4, -0.2) is 22.4 Å². The van der Waals surface area contributed by atoms with E-state index in [-0.39, 0.29) is 5.91 Å². The normalized spacial score (nSPS) is 10.8. The van der Waals surface area contributed by atoms with Gasteiger partial charge in [0.25, 0.3) is 5.91 Å². The molecule has 0 spiro atoms. The molecule has 0 aliphatic rings. The Morgan fingerprint density at radius 2 is 1.63 bits per heavy atom. The fourth-order valence-electron chi connectivity index (χ4n) is 3.95. The van der Waals surface area contributed by atoms with Crippen LogP contribution in [0.5, 0.6) is 0 Å². The van der Waals surface area contributed by atoms with E-state index < -0.39 is 11.7 Å². The number of hydrogen-bond donors (Lipinski definition) is 2. The van der Waals surface area contributed by atoms with Crippen LogP contribution < -0.4 is 10.6 Å². The first kappa shape index (κ1) is 28.4. The molecule has 0 aliphatic heterocycles. The van der Waals surface area contributed by atoms with Crippen molar-refractivity contribution in [3.63, 3.8) is 0 Å². The van der Waals surface area contributed by atoms with Gasteiger partial charge in [0.15, 0.2) is 0 Å². The predicted molar refractivity (Wildman–Crippen MR) is 146 cm³/mol. The molecule has 0 atom stereocenters. The molecule has 5 nitrogen and oxygen atoms in total. The SMILES string of the molecule is CC.Cc1cc(NC(=O)c2cccc(C)c2-c2ccc(C(F)(F)F)cc2)cnc1NCCc1ccccn1. The van der Waals surface area contributed by atoms with Crippen LogP contribution in [-0.2, 0) is 12.6 Å². The van der Waals surface area contributed by atoms with Gasteiger partial charge >= 0.3 is 6.18 Å². The van der Waals surface area contributed by atoms with Crippen LogP contribution in [0.3, 0.4) is 0 Å². The van der Waals surface area contributed by atoms with E-state index in [1.54, 1.807) is 24.5 Å². The molecule has 2 aromatic heterocycles. The molecule has 0 unspecified atom stereocenters. The zero-order valence-electron chi connectivity index (χ0n) is 21.9. The number of pyridine rings is 2. The number of halogens is 3. The Kier molecular flexibility index (Phi) is 9.60. The third kappa shape index (κ3) is 7.18. The molecule has 0 saturated heterocycles. The number of nitrogens with one attached hydrogen (secondary N) is 2. The minimum Gasteiger partial charge on any atom is -0.369 e. The van der Waals surface area contributed by atoms with Gasteiger partial charge in [-0.25, -0.2) is 4.98 Å². The number of carbonyl (C=O) groups is 1. The number of aromatic nitrogens is 2. The van der Waals surface area contributed by atoms with E-state index in [1.807, 2.05) is 58.0 Å².